The van der Waals surface area contributed by atoms with Crippen LogP contribution in [0.15, 0.2) is 24.3 Å². The van der Waals surface area contributed by atoms with E-state index in [4.69, 9.17) is 5.73 Å². The lowest BCUT2D eigenvalue weighted by Gasteiger charge is -2.08. The van der Waals surface area contributed by atoms with Crippen molar-refractivity contribution < 1.29 is 4.79 Å². The first-order valence-corrected chi connectivity index (χ1v) is 6.32. The number of H-pyrrole nitrogens is 1. The van der Waals surface area contributed by atoms with Crippen LogP contribution >= 0.6 is 0 Å². The summed E-state index contributed by atoms with van der Waals surface area (Å²) >= 11 is 0. The van der Waals surface area contributed by atoms with E-state index in [9.17, 15) is 4.79 Å². The summed E-state index contributed by atoms with van der Waals surface area (Å²) in [6, 6.07) is 7.25. The second kappa shape index (κ2) is 5.56. The van der Waals surface area contributed by atoms with Crippen molar-refractivity contribution in [3.63, 3.8) is 0 Å². The maximum absolute atomic E-state index is 12.2. The number of rotatable bonds is 4. The molecule has 0 bridgehead atoms. The third-order valence-electron chi connectivity index (χ3n) is 2.92. The van der Waals surface area contributed by atoms with Gasteiger partial charge in [0.1, 0.15) is 0 Å². The number of nitrogens with one attached hydrogen (secondary N) is 2. The van der Waals surface area contributed by atoms with Gasteiger partial charge in [-0.25, -0.2) is 0 Å². The minimum Gasteiger partial charge on any atom is -0.398 e. The van der Waals surface area contributed by atoms with Gasteiger partial charge in [-0.15, -0.1) is 0 Å². The zero-order valence-corrected chi connectivity index (χ0v) is 11.2. The number of amides is 1. The summed E-state index contributed by atoms with van der Waals surface area (Å²) in [5.74, 6) is 0.293. The van der Waals surface area contributed by atoms with Crippen molar-refractivity contribution >= 4 is 17.4 Å². The number of carbonyl (C=O) groups is 1. The summed E-state index contributed by atoms with van der Waals surface area (Å²) in [6.07, 6.45) is 1.94. The minimum atomic E-state index is -0.231. The van der Waals surface area contributed by atoms with Gasteiger partial charge in [0.05, 0.1) is 5.56 Å². The van der Waals surface area contributed by atoms with E-state index in [-0.39, 0.29) is 5.91 Å². The topological polar surface area (TPSA) is 83.8 Å². The van der Waals surface area contributed by atoms with Crippen LogP contribution in [0.5, 0.6) is 0 Å². The molecular formula is C14H18N4O. The van der Waals surface area contributed by atoms with Gasteiger partial charge in [-0.05, 0) is 25.0 Å². The number of nitrogen functional groups attached to an aromatic ring is 1. The van der Waals surface area contributed by atoms with Crippen LogP contribution in [0.2, 0.25) is 0 Å². The van der Waals surface area contributed by atoms with E-state index in [1.807, 2.05) is 25.1 Å². The summed E-state index contributed by atoms with van der Waals surface area (Å²) in [5.41, 5.74) is 8.67. The normalized spacial score (nSPS) is 10.4. The molecule has 0 spiro atoms. The smallest absolute Gasteiger partial charge is 0.259 e. The Bertz CT molecular complexity index is 569. The van der Waals surface area contributed by atoms with Crippen molar-refractivity contribution in [1.82, 2.24) is 10.2 Å². The Hall–Kier alpha value is -2.30. The maximum Gasteiger partial charge on any atom is 0.259 e. The second-order valence-corrected chi connectivity index (χ2v) is 4.52. The molecule has 1 aromatic carbocycles. The highest BCUT2D eigenvalue weighted by molar-refractivity contribution is 6.08. The quantitative estimate of drug-likeness (QED) is 0.737. The molecule has 1 heterocycles. The predicted molar refractivity (Wildman–Crippen MR) is 76.1 cm³/mol. The minimum absolute atomic E-state index is 0.231. The van der Waals surface area contributed by atoms with Crippen LogP contribution < -0.4 is 11.1 Å². The number of hydrogen-bond donors (Lipinski definition) is 3. The first kappa shape index (κ1) is 13.1. The monoisotopic (exact) mass is 258 g/mol. The van der Waals surface area contributed by atoms with Crippen LogP contribution in [0.1, 0.15) is 35.0 Å². The van der Waals surface area contributed by atoms with E-state index in [1.54, 1.807) is 6.07 Å². The number of anilines is 2. The number of nitrogens with two attached hydrogens (primary N) is 1. The Balaban J connectivity index is 2.16. The average Bonchev–Trinajstić information content (AvgIpc) is 2.77. The molecule has 100 valence electrons. The predicted octanol–water partition coefficient (Wildman–Crippen LogP) is 2.51. The molecule has 2 rings (SSSR count). The molecule has 0 aliphatic heterocycles. The lowest BCUT2D eigenvalue weighted by Crippen LogP contribution is -2.15. The Morgan fingerprint density at radius 1 is 1.47 bits per heavy atom. The van der Waals surface area contributed by atoms with Crippen molar-refractivity contribution in [2.75, 3.05) is 11.1 Å². The first-order valence-electron chi connectivity index (χ1n) is 6.32. The highest BCUT2D eigenvalue weighted by Gasteiger charge is 2.13. The number of hydrogen-bond acceptors (Lipinski definition) is 3. The number of benzene rings is 1. The second-order valence-electron chi connectivity index (χ2n) is 4.52. The zero-order chi connectivity index (χ0) is 13.8. The van der Waals surface area contributed by atoms with Gasteiger partial charge < -0.3 is 11.1 Å². The van der Waals surface area contributed by atoms with Gasteiger partial charge >= 0.3 is 0 Å². The summed E-state index contributed by atoms with van der Waals surface area (Å²) in [5, 5.41) is 9.72. The average molecular weight is 258 g/mol. The molecule has 2 aromatic rings. The molecule has 0 radical (unpaired) electrons. The molecule has 19 heavy (non-hydrogen) atoms. The zero-order valence-electron chi connectivity index (χ0n) is 11.2. The number of carbonyl (C=O) groups excluding carboxylic acids is 1. The van der Waals surface area contributed by atoms with Crippen LogP contribution in [0.25, 0.3) is 0 Å². The van der Waals surface area contributed by atoms with E-state index in [0.717, 1.165) is 24.1 Å². The summed E-state index contributed by atoms with van der Waals surface area (Å²) in [4.78, 5) is 12.2. The molecular weight excluding hydrogens is 240 g/mol. The fraction of sp³-hybridized carbons (Fsp3) is 0.286. The molecule has 0 aliphatic carbocycles. The van der Waals surface area contributed by atoms with E-state index < -0.39 is 0 Å². The fourth-order valence-electron chi connectivity index (χ4n) is 2.00. The highest BCUT2D eigenvalue weighted by atomic mass is 16.1. The molecule has 1 aromatic heterocycles. The molecule has 0 saturated carbocycles. The molecule has 5 heteroatoms. The molecule has 0 aliphatic rings. The van der Waals surface area contributed by atoms with Gasteiger partial charge in [-0.2, -0.15) is 5.10 Å². The molecule has 0 unspecified atom stereocenters. The van der Waals surface area contributed by atoms with Crippen molar-refractivity contribution in [1.29, 1.82) is 0 Å². The largest absolute Gasteiger partial charge is 0.398 e. The summed E-state index contributed by atoms with van der Waals surface area (Å²) < 4.78 is 0. The lowest BCUT2D eigenvalue weighted by atomic mass is 10.1. The van der Waals surface area contributed by atoms with Crippen LogP contribution in [0.3, 0.4) is 0 Å². The highest BCUT2D eigenvalue weighted by Crippen LogP contribution is 2.18. The Kier molecular flexibility index (Phi) is 3.85. The van der Waals surface area contributed by atoms with E-state index in [1.165, 1.54) is 0 Å². The summed E-state index contributed by atoms with van der Waals surface area (Å²) in [7, 11) is 0. The third kappa shape index (κ3) is 2.93. The Morgan fingerprint density at radius 2 is 2.26 bits per heavy atom. The number of nitrogens with zero attached hydrogens (tertiary/aromatic N) is 1. The molecule has 5 nitrogen and oxygen atoms in total. The van der Waals surface area contributed by atoms with Gasteiger partial charge in [0.15, 0.2) is 5.82 Å². The summed E-state index contributed by atoms with van der Waals surface area (Å²) in [6.45, 7) is 3.95. The number of aryl methyl sites for hydroxylation is 2. The van der Waals surface area contributed by atoms with Crippen molar-refractivity contribution in [3.8, 4) is 0 Å². The fourth-order valence-corrected chi connectivity index (χ4v) is 2.00. The molecule has 0 fully saturated rings. The Labute approximate surface area is 112 Å². The number of aromatic amines is 1. The lowest BCUT2D eigenvalue weighted by molar-refractivity contribution is 0.102. The van der Waals surface area contributed by atoms with Crippen molar-refractivity contribution in [2.24, 2.45) is 0 Å². The number of aromatic nitrogens is 2. The van der Waals surface area contributed by atoms with Crippen LogP contribution in [0.4, 0.5) is 11.5 Å². The standard InChI is InChI=1S/C14H18N4O/c1-3-5-10-8-12(18-17-10)16-14(19)13-9(2)6-4-7-11(13)15/h4,6-8H,3,5,15H2,1-2H3,(H2,16,17,18,19). The maximum atomic E-state index is 12.2. The first-order chi connectivity index (χ1) is 9.11. The van der Waals surface area contributed by atoms with E-state index >= 15 is 0 Å². The SMILES string of the molecule is CCCc1cc(NC(=O)c2c(C)cccc2N)n[nH]1. The molecule has 4 N–H and O–H groups in total. The van der Waals surface area contributed by atoms with Crippen molar-refractivity contribution in [3.05, 3.63) is 41.1 Å². The van der Waals surface area contributed by atoms with Gasteiger partial charge in [0.2, 0.25) is 0 Å². The molecule has 0 atom stereocenters. The Morgan fingerprint density at radius 3 is 2.95 bits per heavy atom. The van der Waals surface area contributed by atoms with Gasteiger partial charge in [-0.1, -0.05) is 25.5 Å². The van der Waals surface area contributed by atoms with Crippen LogP contribution in [0, 0.1) is 6.92 Å². The van der Waals surface area contributed by atoms with Crippen LogP contribution in [-0.2, 0) is 6.42 Å². The van der Waals surface area contributed by atoms with E-state index in [0.29, 0.717) is 17.1 Å². The molecule has 0 saturated heterocycles. The van der Waals surface area contributed by atoms with Gasteiger partial charge in [0.25, 0.3) is 5.91 Å². The van der Waals surface area contributed by atoms with Gasteiger partial charge in [-0.3, -0.25) is 9.89 Å². The van der Waals surface area contributed by atoms with E-state index in [2.05, 4.69) is 22.4 Å². The van der Waals surface area contributed by atoms with Crippen LogP contribution in [-0.4, -0.2) is 16.1 Å². The van der Waals surface area contributed by atoms with Gasteiger partial charge in [0, 0.05) is 17.4 Å². The third-order valence-corrected chi connectivity index (χ3v) is 2.92. The van der Waals surface area contributed by atoms with Crippen molar-refractivity contribution in [2.45, 2.75) is 26.7 Å². The molecule has 1 amide bonds.